The van der Waals surface area contributed by atoms with Crippen LogP contribution in [-0.2, 0) is 4.79 Å². The van der Waals surface area contributed by atoms with E-state index in [0.29, 0.717) is 5.75 Å². The number of carbonyl (C=O) groups is 1. The molecule has 1 unspecified atom stereocenters. The molecule has 0 fully saturated rings. The van der Waals surface area contributed by atoms with Crippen LogP contribution in [0.3, 0.4) is 0 Å². The van der Waals surface area contributed by atoms with Gasteiger partial charge in [0.05, 0.1) is 29.5 Å². The standard InChI is InChI=1S/C14H18N4OS.CH2N2/c1-10(9-20)14(19)17(3)13-8-18(16-11(13)2)12-5-4-6-15-7-12;2-1-3/h4-8,10,20H,9H2,1-3H3;2H2. The molecule has 1 atom stereocenters. The van der Waals surface area contributed by atoms with Crippen LogP contribution in [-0.4, -0.2) is 33.5 Å². The Hall–Kier alpha value is -2.53. The number of nitrogens with zero attached hydrogens (tertiary/aromatic N) is 5. The average Bonchev–Trinajstić information content (AvgIpc) is 2.96. The molecule has 0 bridgehead atoms. The Morgan fingerprint density at radius 3 is 2.78 bits per heavy atom. The first-order chi connectivity index (χ1) is 11.0. The molecule has 2 aromatic heterocycles. The molecule has 0 saturated heterocycles. The van der Waals surface area contributed by atoms with Gasteiger partial charge in [-0.1, -0.05) is 6.92 Å². The molecule has 2 rings (SSSR count). The van der Waals surface area contributed by atoms with Gasteiger partial charge in [-0.05, 0) is 19.1 Å². The molecule has 0 aromatic carbocycles. The molecule has 0 aliphatic heterocycles. The maximum Gasteiger partial charge on any atom is 0.230 e. The van der Waals surface area contributed by atoms with Gasteiger partial charge in [0.2, 0.25) is 5.91 Å². The van der Waals surface area contributed by atoms with Gasteiger partial charge in [-0.3, -0.25) is 9.78 Å². The zero-order valence-corrected chi connectivity index (χ0v) is 14.2. The lowest BCUT2D eigenvalue weighted by molar-refractivity contribution is -0.120. The van der Waals surface area contributed by atoms with Gasteiger partial charge in [-0.15, -0.1) is 0 Å². The molecule has 7 nitrogen and oxygen atoms in total. The fourth-order valence-corrected chi connectivity index (χ4v) is 2.09. The van der Waals surface area contributed by atoms with Gasteiger partial charge in [-0.2, -0.15) is 23.0 Å². The molecule has 0 aliphatic rings. The van der Waals surface area contributed by atoms with Crippen molar-refractivity contribution >= 4 is 24.2 Å². The monoisotopic (exact) mass is 332 g/mol. The molecule has 8 heteroatoms. The number of pyridine rings is 1. The van der Waals surface area contributed by atoms with E-state index in [1.165, 1.54) is 6.19 Å². The number of hydrogen-bond donors (Lipinski definition) is 2. The van der Waals surface area contributed by atoms with Crippen LogP contribution in [0.4, 0.5) is 5.69 Å². The number of carbonyl (C=O) groups excluding carboxylic acids is 1. The summed E-state index contributed by atoms with van der Waals surface area (Å²) in [7, 11) is 1.76. The SMILES string of the molecule is Cc1nn(-c2cccnc2)cc1N(C)C(=O)C(C)CS.N#CN. The van der Waals surface area contributed by atoms with Crippen LogP contribution in [0.15, 0.2) is 30.7 Å². The third-order valence-electron chi connectivity index (χ3n) is 3.17. The van der Waals surface area contributed by atoms with E-state index in [-0.39, 0.29) is 11.8 Å². The number of nitriles is 1. The number of anilines is 1. The number of thiol groups is 1. The van der Waals surface area contributed by atoms with E-state index in [4.69, 9.17) is 5.26 Å². The smallest absolute Gasteiger partial charge is 0.230 e. The number of aryl methyl sites for hydroxylation is 1. The zero-order valence-electron chi connectivity index (χ0n) is 13.3. The van der Waals surface area contributed by atoms with Gasteiger partial charge in [-0.25, -0.2) is 4.68 Å². The van der Waals surface area contributed by atoms with Crippen molar-refractivity contribution in [3.05, 3.63) is 36.4 Å². The fourth-order valence-electron chi connectivity index (χ4n) is 1.93. The molecule has 0 spiro atoms. The van der Waals surface area contributed by atoms with Crippen LogP contribution < -0.4 is 10.6 Å². The summed E-state index contributed by atoms with van der Waals surface area (Å²) in [5, 5.41) is 11.5. The Morgan fingerprint density at radius 1 is 1.61 bits per heavy atom. The molecule has 23 heavy (non-hydrogen) atoms. The summed E-state index contributed by atoms with van der Waals surface area (Å²) in [5.41, 5.74) is 6.62. The minimum atomic E-state index is -0.121. The first kappa shape index (κ1) is 18.5. The normalized spacial score (nSPS) is 10.9. The molecule has 122 valence electrons. The molecule has 2 aromatic rings. The molecular weight excluding hydrogens is 312 g/mol. The van der Waals surface area contributed by atoms with Crippen molar-refractivity contribution in [2.75, 3.05) is 17.7 Å². The van der Waals surface area contributed by atoms with E-state index >= 15 is 0 Å². The largest absolute Gasteiger partial charge is 0.337 e. The minimum absolute atomic E-state index is 0.0360. The van der Waals surface area contributed by atoms with Crippen LogP contribution in [0.2, 0.25) is 0 Å². The number of hydrogen-bond acceptors (Lipinski definition) is 6. The van der Waals surface area contributed by atoms with E-state index in [1.54, 1.807) is 29.0 Å². The molecule has 2 heterocycles. The number of aromatic nitrogens is 3. The summed E-state index contributed by atoms with van der Waals surface area (Å²) < 4.78 is 1.73. The predicted octanol–water partition coefficient (Wildman–Crippen LogP) is 1.53. The van der Waals surface area contributed by atoms with Crippen LogP contribution in [0, 0.1) is 24.3 Å². The lowest BCUT2D eigenvalue weighted by atomic mass is 10.2. The molecular formula is C15H20N6OS. The summed E-state index contributed by atoms with van der Waals surface area (Å²) in [6.45, 7) is 3.75. The highest BCUT2D eigenvalue weighted by Crippen LogP contribution is 2.21. The summed E-state index contributed by atoms with van der Waals surface area (Å²) in [5.74, 6) is 0.442. The Balaban J connectivity index is 0.000000816. The van der Waals surface area contributed by atoms with Gasteiger partial charge in [0, 0.05) is 24.9 Å². The fraction of sp³-hybridized carbons (Fsp3) is 0.333. The Bertz CT molecular complexity index is 679. The minimum Gasteiger partial charge on any atom is -0.337 e. The highest BCUT2D eigenvalue weighted by Gasteiger charge is 2.20. The van der Waals surface area contributed by atoms with Gasteiger partial charge in [0.25, 0.3) is 0 Å². The first-order valence-corrected chi connectivity index (χ1v) is 7.54. The van der Waals surface area contributed by atoms with Gasteiger partial charge < -0.3 is 10.6 Å². The second kappa shape index (κ2) is 8.80. The second-order valence-corrected chi connectivity index (χ2v) is 5.23. The highest BCUT2D eigenvalue weighted by molar-refractivity contribution is 7.80. The average molecular weight is 332 g/mol. The van der Waals surface area contributed by atoms with Crippen molar-refractivity contribution in [2.45, 2.75) is 13.8 Å². The van der Waals surface area contributed by atoms with Crippen molar-refractivity contribution in [3.8, 4) is 11.9 Å². The van der Waals surface area contributed by atoms with Crippen LogP contribution in [0.1, 0.15) is 12.6 Å². The predicted molar refractivity (Wildman–Crippen MR) is 92.3 cm³/mol. The van der Waals surface area contributed by atoms with Crippen LogP contribution in [0.5, 0.6) is 0 Å². The van der Waals surface area contributed by atoms with E-state index in [0.717, 1.165) is 17.1 Å². The lowest BCUT2D eigenvalue weighted by Gasteiger charge is -2.19. The van der Waals surface area contributed by atoms with Crippen molar-refractivity contribution in [1.82, 2.24) is 14.8 Å². The summed E-state index contributed by atoms with van der Waals surface area (Å²) in [6, 6.07) is 3.77. The van der Waals surface area contributed by atoms with E-state index < -0.39 is 0 Å². The molecule has 0 radical (unpaired) electrons. The highest BCUT2D eigenvalue weighted by atomic mass is 32.1. The van der Waals surface area contributed by atoms with Crippen LogP contribution >= 0.6 is 12.6 Å². The third kappa shape index (κ3) is 4.72. The Labute approximate surface area is 141 Å². The van der Waals surface area contributed by atoms with Gasteiger partial charge in [0.1, 0.15) is 0 Å². The zero-order chi connectivity index (χ0) is 17.4. The van der Waals surface area contributed by atoms with E-state index in [2.05, 4.69) is 28.4 Å². The molecule has 0 aliphatic carbocycles. The van der Waals surface area contributed by atoms with Gasteiger partial charge in [0.15, 0.2) is 6.19 Å². The summed E-state index contributed by atoms with van der Waals surface area (Å²) in [4.78, 5) is 17.9. The summed E-state index contributed by atoms with van der Waals surface area (Å²) >= 11 is 4.17. The quantitative estimate of drug-likeness (QED) is 0.502. The van der Waals surface area contributed by atoms with E-state index in [1.807, 2.05) is 32.2 Å². The number of nitrogens with two attached hydrogens (primary N) is 1. The Kier molecular flexibility index (Phi) is 7.09. The maximum atomic E-state index is 12.2. The lowest BCUT2D eigenvalue weighted by Crippen LogP contribution is -2.32. The Morgan fingerprint density at radius 2 is 2.26 bits per heavy atom. The van der Waals surface area contributed by atoms with Crippen molar-refractivity contribution in [1.29, 1.82) is 5.26 Å². The number of amides is 1. The molecule has 0 saturated carbocycles. The molecule has 2 N–H and O–H groups in total. The van der Waals surface area contributed by atoms with Crippen molar-refractivity contribution in [3.63, 3.8) is 0 Å². The maximum absolute atomic E-state index is 12.2. The second-order valence-electron chi connectivity index (χ2n) is 4.87. The topological polar surface area (TPSA) is 101 Å². The van der Waals surface area contributed by atoms with Crippen molar-refractivity contribution in [2.24, 2.45) is 11.7 Å². The third-order valence-corrected chi connectivity index (χ3v) is 3.72. The van der Waals surface area contributed by atoms with Crippen LogP contribution in [0.25, 0.3) is 5.69 Å². The van der Waals surface area contributed by atoms with Crippen molar-refractivity contribution < 1.29 is 4.79 Å². The van der Waals surface area contributed by atoms with Gasteiger partial charge >= 0.3 is 0 Å². The summed E-state index contributed by atoms with van der Waals surface area (Å²) in [6.07, 6.45) is 6.54. The molecule has 1 amide bonds. The first-order valence-electron chi connectivity index (χ1n) is 6.91. The number of rotatable bonds is 4. The van der Waals surface area contributed by atoms with E-state index in [9.17, 15) is 4.79 Å².